The van der Waals surface area contributed by atoms with E-state index < -0.39 is 11.7 Å². The van der Waals surface area contributed by atoms with Crippen molar-refractivity contribution in [1.29, 1.82) is 0 Å². The second-order valence-electron chi connectivity index (χ2n) is 7.26. The second-order valence-corrected chi connectivity index (χ2v) is 7.26. The van der Waals surface area contributed by atoms with Crippen molar-refractivity contribution in [1.82, 2.24) is 19.9 Å². The van der Waals surface area contributed by atoms with E-state index in [0.717, 1.165) is 17.8 Å². The van der Waals surface area contributed by atoms with Gasteiger partial charge in [0.15, 0.2) is 5.82 Å². The largest absolute Gasteiger partial charge is 0.475 e. The molecule has 6 nitrogen and oxygen atoms in total. The normalized spacial score (nSPS) is 12.3. The minimum absolute atomic E-state index is 0.0575. The number of hydrogen-bond acceptors (Lipinski definition) is 5. The van der Waals surface area contributed by atoms with Gasteiger partial charge in [0.05, 0.1) is 17.2 Å². The van der Waals surface area contributed by atoms with Crippen molar-refractivity contribution in [3.63, 3.8) is 0 Å². The van der Waals surface area contributed by atoms with Crippen LogP contribution in [0.2, 0.25) is 0 Å². The highest BCUT2D eigenvalue weighted by Gasteiger charge is 2.31. The summed E-state index contributed by atoms with van der Waals surface area (Å²) in [4.78, 5) is 27.2. The SMILES string of the molecule is CCN(C(=O)c1ccc(C)cc1-c1ncccn1)C(C)COc1ccc(C(F)(F)F)cn1. The molecule has 1 unspecified atom stereocenters. The van der Waals surface area contributed by atoms with Gasteiger partial charge in [0.1, 0.15) is 6.61 Å². The zero-order valence-electron chi connectivity index (χ0n) is 17.9. The van der Waals surface area contributed by atoms with Crippen LogP contribution in [0.25, 0.3) is 11.4 Å². The van der Waals surface area contributed by atoms with E-state index in [2.05, 4.69) is 15.0 Å². The van der Waals surface area contributed by atoms with Gasteiger partial charge in [-0.05, 0) is 45.0 Å². The Morgan fingerprint density at radius 2 is 1.84 bits per heavy atom. The number of aryl methyl sites for hydroxylation is 1. The van der Waals surface area contributed by atoms with Gasteiger partial charge in [-0.2, -0.15) is 13.2 Å². The van der Waals surface area contributed by atoms with Crippen LogP contribution in [0.1, 0.15) is 35.3 Å². The molecule has 1 amide bonds. The van der Waals surface area contributed by atoms with E-state index in [1.54, 1.807) is 36.4 Å². The first-order valence-electron chi connectivity index (χ1n) is 10.1. The molecule has 1 atom stereocenters. The van der Waals surface area contributed by atoms with Gasteiger partial charge >= 0.3 is 6.18 Å². The summed E-state index contributed by atoms with van der Waals surface area (Å²) in [6.45, 7) is 6.05. The van der Waals surface area contributed by atoms with Crippen molar-refractivity contribution >= 4 is 5.91 Å². The van der Waals surface area contributed by atoms with E-state index in [-0.39, 0.29) is 24.4 Å². The number of likely N-dealkylation sites (N-methyl/N-ethyl adjacent to an activating group) is 1. The van der Waals surface area contributed by atoms with Crippen LogP contribution in [0.3, 0.4) is 0 Å². The van der Waals surface area contributed by atoms with Crippen LogP contribution in [-0.2, 0) is 6.18 Å². The number of carbonyl (C=O) groups excluding carboxylic acids is 1. The molecule has 0 spiro atoms. The number of ether oxygens (including phenoxy) is 1. The van der Waals surface area contributed by atoms with Crippen molar-refractivity contribution in [2.75, 3.05) is 13.2 Å². The van der Waals surface area contributed by atoms with Gasteiger partial charge in [0.2, 0.25) is 5.88 Å². The average Bonchev–Trinajstić information content (AvgIpc) is 2.78. The van der Waals surface area contributed by atoms with E-state index in [9.17, 15) is 18.0 Å². The molecule has 0 aliphatic rings. The molecule has 0 aliphatic carbocycles. The van der Waals surface area contributed by atoms with E-state index in [1.165, 1.54) is 6.07 Å². The Labute approximate surface area is 184 Å². The third-order valence-corrected chi connectivity index (χ3v) is 4.88. The molecule has 0 N–H and O–H groups in total. The summed E-state index contributed by atoms with van der Waals surface area (Å²) in [5, 5.41) is 0. The highest BCUT2D eigenvalue weighted by atomic mass is 19.4. The molecule has 0 radical (unpaired) electrons. The minimum atomic E-state index is -4.46. The summed E-state index contributed by atoms with van der Waals surface area (Å²) in [5.74, 6) is 0.293. The number of amides is 1. The highest BCUT2D eigenvalue weighted by molar-refractivity contribution is 6.00. The van der Waals surface area contributed by atoms with Gasteiger partial charge in [-0.25, -0.2) is 15.0 Å². The maximum atomic E-state index is 13.4. The Balaban J connectivity index is 1.76. The molecule has 0 saturated carbocycles. The molecule has 2 aromatic heterocycles. The third kappa shape index (κ3) is 5.40. The van der Waals surface area contributed by atoms with Gasteiger partial charge in [0, 0.05) is 36.8 Å². The smallest absolute Gasteiger partial charge is 0.417 e. The first-order chi connectivity index (χ1) is 15.2. The van der Waals surface area contributed by atoms with E-state index in [0.29, 0.717) is 23.5 Å². The van der Waals surface area contributed by atoms with E-state index in [1.807, 2.05) is 26.0 Å². The van der Waals surface area contributed by atoms with Gasteiger partial charge in [0.25, 0.3) is 5.91 Å². The van der Waals surface area contributed by atoms with Crippen molar-refractivity contribution in [2.45, 2.75) is 33.0 Å². The summed E-state index contributed by atoms with van der Waals surface area (Å²) in [5.41, 5.74) is 1.21. The lowest BCUT2D eigenvalue weighted by Crippen LogP contribution is -2.42. The van der Waals surface area contributed by atoms with Gasteiger partial charge in [-0.15, -0.1) is 0 Å². The summed E-state index contributed by atoms with van der Waals surface area (Å²) in [6.07, 6.45) is -0.506. The Morgan fingerprint density at radius 1 is 1.12 bits per heavy atom. The van der Waals surface area contributed by atoms with Crippen molar-refractivity contribution in [2.24, 2.45) is 0 Å². The monoisotopic (exact) mass is 444 g/mol. The van der Waals surface area contributed by atoms with Crippen LogP contribution in [0.4, 0.5) is 13.2 Å². The summed E-state index contributed by atoms with van der Waals surface area (Å²) < 4.78 is 43.6. The molecular weight excluding hydrogens is 421 g/mol. The fourth-order valence-corrected chi connectivity index (χ4v) is 3.21. The zero-order chi connectivity index (χ0) is 23.3. The standard InChI is InChI=1S/C23H23F3N4O2/c1-4-30(16(3)14-32-20-9-7-17(13-29-20)23(24,25)26)22(31)18-8-6-15(2)12-19(18)21-27-10-5-11-28-21/h5-13,16H,4,14H2,1-3H3. The zero-order valence-corrected chi connectivity index (χ0v) is 17.9. The Morgan fingerprint density at radius 3 is 2.44 bits per heavy atom. The highest BCUT2D eigenvalue weighted by Crippen LogP contribution is 2.29. The lowest BCUT2D eigenvalue weighted by molar-refractivity contribution is -0.137. The number of rotatable bonds is 7. The lowest BCUT2D eigenvalue weighted by atomic mass is 10.0. The van der Waals surface area contributed by atoms with Gasteiger partial charge in [-0.1, -0.05) is 11.6 Å². The quantitative estimate of drug-likeness (QED) is 0.524. The van der Waals surface area contributed by atoms with Crippen LogP contribution < -0.4 is 4.74 Å². The van der Waals surface area contributed by atoms with E-state index in [4.69, 9.17) is 4.74 Å². The first-order valence-corrected chi connectivity index (χ1v) is 10.1. The molecule has 1 aromatic carbocycles. The molecule has 3 rings (SSSR count). The third-order valence-electron chi connectivity index (χ3n) is 4.88. The van der Waals surface area contributed by atoms with Gasteiger partial charge < -0.3 is 9.64 Å². The number of aromatic nitrogens is 3. The number of alkyl halides is 3. The van der Waals surface area contributed by atoms with Crippen LogP contribution in [0.5, 0.6) is 5.88 Å². The fourth-order valence-electron chi connectivity index (χ4n) is 3.21. The maximum absolute atomic E-state index is 13.4. The van der Waals surface area contributed by atoms with Crippen LogP contribution in [-0.4, -0.2) is 45.0 Å². The summed E-state index contributed by atoms with van der Waals surface area (Å²) in [7, 11) is 0. The topological polar surface area (TPSA) is 68.2 Å². The van der Waals surface area contributed by atoms with Crippen LogP contribution >= 0.6 is 0 Å². The van der Waals surface area contributed by atoms with Crippen LogP contribution in [0.15, 0.2) is 55.0 Å². The Bertz CT molecular complexity index is 1060. The number of hydrogen-bond donors (Lipinski definition) is 0. The molecular formula is C23H23F3N4O2. The summed E-state index contributed by atoms with van der Waals surface area (Å²) >= 11 is 0. The molecule has 9 heteroatoms. The number of benzene rings is 1. The van der Waals surface area contributed by atoms with Gasteiger partial charge in [-0.3, -0.25) is 4.79 Å². The van der Waals surface area contributed by atoms with Crippen LogP contribution in [0, 0.1) is 6.92 Å². The predicted octanol–water partition coefficient (Wildman–Crippen LogP) is 4.80. The Hall–Kier alpha value is -3.49. The first kappa shape index (κ1) is 23.2. The molecule has 0 fully saturated rings. The molecule has 32 heavy (non-hydrogen) atoms. The van der Waals surface area contributed by atoms with Crippen molar-refractivity contribution in [3.05, 3.63) is 71.7 Å². The number of nitrogens with zero attached hydrogens (tertiary/aromatic N) is 4. The lowest BCUT2D eigenvalue weighted by Gasteiger charge is -2.28. The molecule has 3 aromatic rings. The number of pyridine rings is 1. The minimum Gasteiger partial charge on any atom is -0.475 e. The Kier molecular flexibility index (Phi) is 7.07. The predicted molar refractivity (Wildman–Crippen MR) is 113 cm³/mol. The second kappa shape index (κ2) is 9.76. The average molecular weight is 444 g/mol. The molecule has 0 saturated heterocycles. The number of carbonyl (C=O) groups is 1. The maximum Gasteiger partial charge on any atom is 0.417 e. The van der Waals surface area contributed by atoms with Crippen molar-refractivity contribution in [3.8, 4) is 17.3 Å². The molecule has 168 valence electrons. The molecule has 0 bridgehead atoms. The summed E-state index contributed by atoms with van der Waals surface area (Å²) in [6, 6.07) is 8.88. The van der Waals surface area contributed by atoms with E-state index >= 15 is 0 Å². The fraction of sp³-hybridized carbons (Fsp3) is 0.304. The number of halogens is 3. The molecule has 2 heterocycles. The molecule has 0 aliphatic heterocycles. The van der Waals surface area contributed by atoms with Crippen molar-refractivity contribution < 1.29 is 22.7 Å².